The van der Waals surface area contributed by atoms with Crippen LogP contribution in [0.3, 0.4) is 0 Å². The van der Waals surface area contributed by atoms with Crippen LogP contribution in [0.2, 0.25) is 0 Å². The van der Waals surface area contributed by atoms with Gasteiger partial charge in [0.1, 0.15) is 17.8 Å². The number of esters is 1. The summed E-state index contributed by atoms with van der Waals surface area (Å²) in [4.78, 5) is 65.5. The van der Waals surface area contributed by atoms with Crippen molar-refractivity contribution < 1.29 is 38.0 Å². The van der Waals surface area contributed by atoms with E-state index in [-0.39, 0.29) is 67.2 Å². The van der Waals surface area contributed by atoms with Gasteiger partial charge in [0.2, 0.25) is 5.91 Å². The fourth-order valence-electron chi connectivity index (χ4n) is 10.9. The van der Waals surface area contributed by atoms with Gasteiger partial charge in [-0.3, -0.25) is 29.5 Å². The van der Waals surface area contributed by atoms with Crippen LogP contribution in [0.1, 0.15) is 95.6 Å². The first-order valence-electron chi connectivity index (χ1n) is 24.0. The molecule has 2 aromatic carbocycles. The van der Waals surface area contributed by atoms with Crippen LogP contribution in [-0.2, 0) is 53.0 Å². The van der Waals surface area contributed by atoms with E-state index in [4.69, 9.17) is 19.2 Å². The third kappa shape index (κ3) is 10.3. The SMILES string of the molecule is CCn1c(-c2cccnc2[C@H](C)OC)c2c3cc(ccc31)-c1cc(O)cc(c1)C[C@H](NC(=O)[C@H](C1CCCC1)N(C)C(=O)N1CCS(=N)(=O)CC1)C(=O)C1CCC[C@H](N1)C(=O)OCC(C)(C)C2. The number of amides is 3. The van der Waals surface area contributed by atoms with Crippen LogP contribution in [-0.4, -0.2) is 122 Å². The van der Waals surface area contributed by atoms with E-state index in [0.29, 0.717) is 37.8 Å². The van der Waals surface area contributed by atoms with Crippen LogP contribution in [0, 0.1) is 16.1 Å². The molecule has 4 N–H and O–H groups in total. The average molecular weight is 938 g/mol. The molecule has 2 aromatic heterocycles. The highest BCUT2D eigenvalue weighted by atomic mass is 32.2. The minimum Gasteiger partial charge on any atom is -0.508 e. The number of likely N-dealkylation sites (N-methyl/N-ethyl adjacent to an activating group) is 1. The fraction of sp³-hybridized carbons (Fsp3) is 0.549. The van der Waals surface area contributed by atoms with Gasteiger partial charge in [0.15, 0.2) is 5.78 Å². The van der Waals surface area contributed by atoms with Gasteiger partial charge >= 0.3 is 12.0 Å². The molecule has 4 aromatic rings. The molecule has 5 atom stereocenters. The Labute approximate surface area is 394 Å². The van der Waals surface area contributed by atoms with Crippen LogP contribution in [0.25, 0.3) is 33.3 Å². The largest absolute Gasteiger partial charge is 0.508 e. The van der Waals surface area contributed by atoms with E-state index in [1.54, 1.807) is 37.4 Å². The zero-order chi connectivity index (χ0) is 47.8. The van der Waals surface area contributed by atoms with E-state index < -0.39 is 51.2 Å². The predicted octanol–water partition coefficient (Wildman–Crippen LogP) is 7.01. The molecule has 0 spiro atoms. The van der Waals surface area contributed by atoms with E-state index in [9.17, 15) is 28.5 Å². The number of hydrogen-bond donors (Lipinski definition) is 4. The number of ether oxygens (including phenoxy) is 2. The molecule has 1 unspecified atom stereocenters. The molecule has 360 valence electrons. The number of aryl methyl sites for hydroxylation is 1. The molecule has 5 heterocycles. The van der Waals surface area contributed by atoms with Gasteiger partial charge in [-0.2, -0.15) is 0 Å². The van der Waals surface area contributed by atoms with Crippen LogP contribution >= 0.6 is 0 Å². The summed E-state index contributed by atoms with van der Waals surface area (Å²) in [7, 11) is 0.536. The Morgan fingerprint density at radius 1 is 1.04 bits per heavy atom. The van der Waals surface area contributed by atoms with Gasteiger partial charge in [-0.15, -0.1) is 0 Å². The molecular weight excluding hydrogens is 871 g/mol. The fourth-order valence-corrected chi connectivity index (χ4v) is 12.1. The second kappa shape index (κ2) is 19.7. The monoisotopic (exact) mass is 937 g/mol. The molecule has 15 nitrogen and oxygen atoms in total. The van der Waals surface area contributed by atoms with Crippen molar-refractivity contribution in [3.8, 4) is 28.1 Å². The summed E-state index contributed by atoms with van der Waals surface area (Å²) >= 11 is 0. The molecule has 1 saturated carbocycles. The Morgan fingerprint density at radius 3 is 2.49 bits per heavy atom. The van der Waals surface area contributed by atoms with Crippen LogP contribution in [0.5, 0.6) is 5.75 Å². The summed E-state index contributed by atoms with van der Waals surface area (Å²) in [6, 6.07) is 11.7. The summed E-state index contributed by atoms with van der Waals surface area (Å²) in [5.41, 5.74) is 6.53. The molecule has 0 radical (unpaired) electrons. The number of cyclic esters (lactones) is 1. The number of ketones is 1. The lowest BCUT2D eigenvalue weighted by atomic mass is 9.84. The van der Waals surface area contributed by atoms with Gasteiger partial charge in [0.25, 0.3) is 0 Å². The van der Waals surface area contributed by atoms with Crippen molar-refractivity contribution in [3.63, 3.8) is 0 Å². The highest BCUT2D eigenvalue weighted by Crippen LogP contribution is 2.42. The van der Waals surface area contributed by atoms with Crippen molar-refractivity contribution in [1.82, 2.24) is 30.0 Å². The molecule has 6 bridgehead atoms. The summed E-state index contributed by atoms with van der Waals surface area (Å²) in [6.45, 7) is 9.40. The van der Waals surface area contributed by atoms with Crippen LogP contribution < -0.4 is 10.6 Å². The number of aromatic nitrogens is 2. The number of aromatic hydroxyl groups is 1. The van der Waals surface area contributed by atoms with Gasteiger partial charge in [0, 0.05) is 83.1 Å². The maximum absolute atomic E-state index is 14.9. The molecule has 2 saturated heterocycles. The first kappa shape index (κ1) is 48.1. The number of nitrogens with zero attached hydrogens (tertiary/aromatic N) is 4. The number of benzene rings is 2. The maximum atomic E-state index is 14.9. The number of fused-ring (bicyclic) bond motifs is 6. The van der Waals surface area contributed by atoms with Crippen molar-refractivity contribution >= 4 is 44.3 Å². The van der Waals surface area contributed by atoms with Gasteiger partial charge in [-0.1, -0.05) is 38.8 Å². The van der Waals surface area contributed by atoms with Crippen molar-refractivity contribution in [2.45, 2.75) is 122 Å². The third-order valence-electron chi connectivity index (χ3n) is 14.5. The number of carbonyl (C=O) groups is 4. The second-order valence-corrected chi connectivity index (χ2v) is 22.4. The van der Waals surface area contributed by atoms with Gasteiger partial charge in [-0.25, -0.2) is 9.00 Å². The summed E-state index contributed by atoms with van der Waals surface area (Å²) in [5, 5.41) is 18.8. The molecule has 4 aliphatic rings. The third-order valence-corrected chi connectivity index (χ3v) is 16.2. The van der Waals surface area contributed by atoms with E-state index in [1.807, 2.05) is 25.1 Å². The summed E-state index contributed by atoms with van der Waals surface area (Å²) < 4.78 is 34.7. The molecule has 3 amide bonds. The number of hydrogen-bond acceptors (Lipinski definition) is 11. The number of pyridine rings is 1. The number of phenols is 1. The topological polar surface area (TPSA) is 196 Å². The molecule has 1 aliphatic carbocycles. The average Bonchev–Trinajstić information content (AvgIpc) is 3.95. The molecule has 8 rings (SSSR count). The quantitative estimate of drug-likeness (QED) is 0.134. The zero-order valence-electron chi connectivity index (χ0n) is 39.8. The Morgan fingerprint density at radius 2 is 1.78 bits per heavy atom. The number of rotatable bonds is 8. The lowest BCUT2D eigenvalue weighted by molar-refractivity contribution is -0.150. The number of carbonyl (C=O) groups excluding carboxylic acids is 4. The van der Waals surface area contributed by atoms with Crippen molar-refractivity contribution in [1.29, 1.82) is 4.78 Å². The highest BCUT2D eigenvalue weighted by Gasteiger charge is 2.42. The minimum absolute atomic E-state index is 0.00663. The molecule has 16 heteroatoms. The number of phenolic OH excluding ortho intramolecular Hbond substituents is 1. The lowest BCUT2D eigenvalue weighted by Gasteiger charge is -2.38. The van der Waals surface area contributed by atoms with E-state index in [2.05, 4.69) is 54.2 Å². The second-order valence-electron chi connectivity index (χ2n) is 19.9. The summed E-state index contributed by atoms with van der Waals surface area (Å²) in [6.07, 6.45) is 6.89. The normalized spacial score (nSPS) is 23.3. The number of piperidine rings is 1. The predicted molar refractivity (Wildman–Crippen MR) is 258 cm³/mol. The van der Waals surface area contributed by atoms with Crippen molar-refractivity contribution in [2.75, 3.05) is 45.4 Å². The van der Waals surface area contributed by atoms with Gasteiger partial charge < -0.3 is 34.3 Å². The number of methoxy groups -OCH3 is 1. The van der Waals surface area contributed by atoms with Gasteiger partial charge in [0.05, 0.1) is 36.2 Å². The van der Waals surface area contributed by atoms with Crippen LogP contribution in [0.4, 0.5) is 4.79 Å². The first-order chi connectivity index (χ1) is 32.0. The van der Waals surface area contributed by atoms with Gasteiger partial charge in [-0.05, 0) is 123 Å². The standard InChI is InChI=1S/C51H67N7O8S/c1-7-58-43-18-17-34-28-38(43)39(46(58)37-14-11-19-53-44(37)31(2)65-6)29-51(3,4)30-66-49(62)41-16-10-15-40(54-41)47(60)42(26-32-24-35(34)27-36(59)25-32)55-48(61)45(33-12-8-9-13-33)56(5)50(63)57-20-22-67(52,64)23-21-57/h11,14,17-19,24-25,27-28,31,33,40-42,45,52,54,59H,7-10,12-13,15-16,20-23,26,29-30H2,1-6H3,(H,55,61)/t31-,40?,41-,42-,45-/m0/s1. The zero-order valence-corrected chi connectivity index (χ0v) is 40.6. The Hall–Kier alpha value is -5.32. The lowest BCUT2D eigenvalue weighted by Crippen LogP contribution is -2.61. The Bertz CT molecular complexity index is 2630. The van der Waals surface area contributed by atoms with Crippen molar-refractivity contribution in [3.05, 3.63) is 71.5 Å². The number of Topliss-reactive ketones (excluding diaryl/α,β-unsaturated/α-hetero) is 1. The smallest absolute Gasteiger partial charge is 0.323 e. The maximum Gasteiger partial charge on any atom is 0.323 e. The van der Waals surface area contributed by atoms with Crippen molar-refractivity contribution in [2.24, 2.45) is 11.3 Å². The Balaban J connectivity index is 1.21. The van der Waals surface area contributed by atoms with E-state index in [1.165, 1.54) is 4.90 Å². The highest BCUT2D eigenvalue weighted by molar-refractivity contribution is 7.92. The molecule has 3 fully saturated rings. The van der Waals surface area contributed by atoms with E-state index >= 15 is 0 Å². The molecule has 3 aliphatic heterocycles. The molecule has 67 heavy (non-hydrogen) atoms. The number of urea groups is 1. The van der Waals surface area contributed by atoms with Crippen LogP contribution in [0.15, 0.2) is 54.7 Å². The minimum atomic E-state index is -2.75. The summed E-state index contributed by atoms with van der Waals surface area (Å²) in [5.74, 6) is -1.16. The first-order valence-corrected chi connectivity index (χ1v) is 25.9. The number of nitrogens with one attached hydrogen (secondary N) is 3. The molecular formula is C51H67N7O8S. The van der Waals surface area contributed by atoms with E-state index in [0.717, 1.165) is 70.2 Å². The Kier molecular flexibility index (Phi) is 14.2.